The van der Waals surface area contributed by atoms with Gasteiger partial charge in [-0.25, -0.2) is 0 Å². The summed E-state index contributed by atoms with van der Waals surface area (Å²) >= 11 is 0. The molecule has 0 heteroatoms. The van der Waals surface area contributed by atoms with Crippen molar-refractivity contribution in [3.8, 4) is 0 Å². The van der Waals surface area contributed by atoms with E-state index in [1.54, 1.807) is 16.7 Å². The highest BCUT2D eigenvalue weighted by Crippen LogP contribution is 2.44. The summed E-state index contributed by atoms with van der Waals surface area (Å²) in [5.41, 5.74) is 7.37. The molecule has 3 aliphatic carbocycles. The summed E-state index contributed by atoms with van der Waals surface area (Å²) in [5, 5.41) is 0. The Labute approximate surface area is 163 Å². The molecule has 0 aromatic rings. The molecule has 146 valence electrons. The Kier molecular flexibility index (Phi) is 7.64. The Morgan fingerprint density at radius 3 is 1.62 bits per heavy atom. The van der Waals surface area contributed by atoms with Gasteiger partial charge in [0.2, 0.25) is 0 Å². The second-order valence-electron chi connectivity index (χ2n) is 9.61. The van der Waals surface area contributed by atoms with Crippen LogP contribution in [-0.2, 0) is 0 Å². The average molecular weight is 355 g/mol. The highest BCUT2D eigenvalue weighted by atomic mass is 14.3. The predicted molar refractivity (Wildman–Crippen MR) is 115 cm³/mol. The van der Waals surface area contributed by atoms with E-state index in [1.807, 2.05) is 5.57 Å². The van der Waals surface area contributed by atoms with Crippen molar-refractivity contribution < 1.29 is 0 Å². The lowest BCUT2D eigenvalue weighted by Gasteiger charge is -2.28. The van der Waals surface area contributed by atoms with Crippen molar-refractivity contribution in [2.75, 3.05) is 0 Å². The lowest BCUT2D eigenvalue weighted by atomic mass is 9.76. The Morgan fingerprint density at radius 2 is 1.00 bits per heavy atom. The first-order valence-electron chi connectivity index (χ1n) is 11.8. The fraction of sp³-hybridized carbons (Fsp3) is 0.769. The summed E-state index contributed by atoms with van der Waals surface area (Å²) in [4.78, 5) is 0. The first-order valence-corrected chi connectivity index (χ1v) is 11.8. The van der Waals surface area contributed by atoms with Gasteiger partial charge in [0, 0.05) is 5.41 Å². The lowest BCUT2D eigenvalue weighted by molar-refractivity contribution is 0.529. The predicted octanol–water partition coefficient (Wildman–Crippen LogP) is 8.83. The van der Waals surface area contributed by atoms with Crippen LogP contribution in [0.25, 0.3) is 0 Å². The van der Waals surface area contributed by atoms with Gasteiger partial charge in [-0.3, -0.25) is 0 Å². The molecule has 26 heavy (non-hydrogen) atoms. The molecule has 3 rings (SSSR count). The molecule has 0 bridgehead atoms. The molecule has 0 unspecified atom stereocenters. The van der Waals surface area contributed by atoms with E-state index in [1.165, 1.54) is 109 Å². The summed E-state index contributed by atoms with van der Waals surface area (Å²) in [6, 6.07) is 0. The van der Waals surface area contributed by atoms with Crippen molar-refractivity contribution in [3.05, 3.63) is 34.4 Å². The van der Waals surface area contributed by atoms with E-state index in [2.05, 4.69) is 26.0 Å². The van der Waals surface area contributed by atoms with E-state index in [-0.39, 0.29) is 5.41 Å². The molecule has 0 saturated carbocycles. The van der Waals surface area contributed by atoms with Crippen LogP contribution in [0.15, 0.2) is 34.4 Å². The first kappa shape index (κ1) is 20.0. The van der Waals surface area contributed by atoms with Gasteiger partial charge in [-0.05, 0) is 68.1 Å². The van der Waals surface area contributed by atoms with E-state index in [9.17, 15) is 0 Å². The maximum absolute atomic E-state index is 2.56. The molecule has 0 heterocycles. The third kappa shape index (κ3) is 5.37. The summed E-state index contributed by atoms with van der Waals surface area (Å²) in [7, 11) is 0. The van der Waals surface area contributed by atoms with E-state index < -0.39 is 0 Å². The van der Waals surface area contributed by atoms with Gasteiger partial charge in [0.1, 0.15) is 0 Å². The van der Waals surface area contributed by atoms with Gasteiger partial charge >= 0.3 is 0 Å². The Balaban J connectivity index is 1.96. The molecular weight excluding hydrogens is 312 g/mol. The molecule has 0 aliphatic heterocycles. The number of fused-ring (bicyclic) bond motifs is 1. The zero-order valence-electron chi connectivity index (χ0n) is 17.7. The van der Waals surface area contributed by atoms with Crippen molar-refractivity contribution >= 4 is 0 Å². The van der Waals surface area contributed by atoms with Crippen molar-refractivity contribution in [1.29, 1.82) is 0 Å². The number of rotatable bonds is 0. The van der Waals surface area contributed by atoms with Crippen molar-refractivity contribution in [3.63, 3.8) is 0 Å². The standard InChI is InChI=1S/C26H42/c1-26(2)21-20-22-16-12-8-5-3-4-6-9-13-17-23(22)24-18-14-10-7-11-15-19-25(24)26/h20-21H,3-19H2,1-2H3. The molecular formula is C26H42. The SMILES string of the molecule is CC1(C)C=CC2=C(CCCCCCCCCC2)C2=C1CCCCCCC2. The fourth-order valence-electron chi connectivity index (χ4n) is 5.41. The minimum absolute atomic E-state index is 0.251. The van der Waals surface area contributed by atoms with Crippen molar-refractivity contribution in [2.45, 2.75) is 123 Å². The molecule has 0 radical (unpaired) electrons. The van der Waals surface area contributed by atoms with Crippen LogP contribution in [0.3, 0.4) is 0 Å². The van der Waals surface area contributed by atoms with Crippen LogP contribution in [0.5, 0.6) is 0 Å². The molecule has 0 aromatic heterocycles. The van der Waals surface area contributed by atoms with Gasteiger partial charge < -0.3 is 0 Å². The van der Waals surface area contributed by atoms with Crippen LogP contribution in [0.1, 0.15) is 123 Å². The monoisotopic (exact) mass is 354 g/mol. The summed E-state index contributed by atoms with van der Waals surface area (Å²) in [6.45, 7) is 4.96. The summed E-state index contributed by atoms with van der Waals surface area (Å²) in [5.74, 6) is 0. The van der Waals surface area contributed by atoms with Gasteiger partial charge in [-0.1, -0.05) is 89.4 Å². The van der Waals surface area contributed by atoms with Crippen LogP contribution >= 0.6 is 0 Å². The minimum atomic E-state index is 0.251. The van der Waals surface area contributed by atoms with Crippen LogP contribution in [-0.4, -0.2) is 0 Å². The van der Waals surface area contributed by atoms with Crippen LogP contribution < -0.4 is 0 Å². The minimum Gasteiger partial charge on any atom is -0.0745 e. The Hall–Kier alpha value is -0.780. The molecule has 0 amide bonds. The maximum atomic E-state index is 2.56. The molecule has 0 atom stereocenters. The van der Waals surface area contributed by atoms with Gasteiger partial charge in [0.25, 0.3) is 0 Å². The molecule has 0 saturated heterocycles. The smallest absolute Gasteiger partial charge is 0.00433 e. The zero-order chi connectivity index (χ0) is 18.2. The third-order valence-electron chi connectivity index (χ3n) is 7.07. The fourth-order valence-corrected chi connectivity index (χ4v) is 5.41. The molecule has 0 aromatic carbocycles. The maximum Gasteiger partial charge on any atom is 0.00433 e. The van der Waals surface area contributed by atoms with E-state index in [4.69, 9.17) is 0 Å². The molecule has 0 N–H and O–H groups in total. The van der Waals surface area contributed by atoms with E-state index >= 15 is 0 Å². The van der Waals surface area contributed by atoms with Crippen LogP contribution in [0.2, 0.25) is 0 Å². The lowest BCUT2D eigenvalue weighted by Crippen LogP contribution is -2.14. The summed E-state index contributed by atoms with van der Waals surface area (Å²) in [6.07, 6.45) is 29.1. The normalized spacial score (nSPS) is 26.4. The zero-order valence-corrected chi connectivity index (χ0v) is 17.7. The first-order chi connectivity index (χ1) is 12.7. The quantitative estimate of drug-likeness (QED) is 0.407. The van der Waals surface area contributed by atoms with Gasteiger partial charge in [-0.2, -0.15) is 0 Å². The molecule has 0 nitrogen and oxygen atoms in total. The van der Waals surface area contributed by atoms with E-state index in [0.29, 0.717) is 0 Å². The van der Waals surface area contributed by atoms with Crippen LogP contribution in [0, 0.1) is 5.41 Å². The molecule has 0 spiro atoms. The van der Waals surface area contributed by atoms with Crippen LogP contribution in [0.4, 0.5) is 0 Å². The second-order valence-corrected chi connectivity index (χ2v) is 9.61. The van der Waals surface area contributed by atoms with E-state index in [0.717, 1.165) is 0 Å². The average Bonchev–Trinajstić information content (AvgIpc) is 2.69. The number of allylic oxidation sites excluding steroid dienone is 6. The van der Waals surface area contributed by atoms with Crippen molar-refractivity contribution in [1.82, 2.24) is 0 Å². The molecule has 0 fully saturated rings. The Morgan fingerprint density at radius 1 is 0.538 bits per heavy atom. The van der Waals surface area contributed by atoms with Crippen molar-refractivity contribution in [2.24, 2.45) is 5.41 Å². The Bertz CT molecular complexity index is 540. The number of hydrogen-bond acceptors (Lipinski definition) is 0. The second kappa shape index (κ2) is 9.95. The summed E-state index contributed by atoms with van der Waals surface area (Å²) < 4.78 is 0. The largest absolute Gasteiger partial charge is 0.0745 e. The van der Waals surface area contributed by atoms with Gasteiger partial charge in [0.15, 0.2) is 0 Å². The topological polar surface area (TPSA) is 0 Å². The molecule has 3 aliphatic rings. The highest BCUT2D eigenvalue weighted by molar-refractivity contribution is 5.48. The highest BCUT2D eigenvalue weighted by Gasteiger charge is 2.28. The van der Waals surface area contributed by atoms with Gasteiger partial charge in [-0.15, -0.1) is 0 Å². The third-order valence-corrected chi connectivity index (χ3v) is 7.07. The number of hydrogen-bond donors (Lipinski definition) is 0. The van der Waals surface area contributed by atoms with Gasteiger partial charge in [0.05, 0.1) is 0 Å².